The van der Waals surface area contributed by atoms with Crippen LogP contribution in [-0.4, -0.2) is 31.4 Å². The van der Waals surface area contributed by atoms with Crippen molar-refractivity contribution >= 4 is 16.9 Å². The summed E-state index contributed by atoms with van der Waals surface area (Å²) >= 11 is 1.88. The number of pyridine rings is 1. The topological polar surface area (TPSA) is 33.4 Å². The molecule has 5 heteroatoms. The normalized spacial score (nSPS) is 27.1. The monoisotopic (exact) mass is 312 g/mol. The molecule has 4 heterocycles. The molecule has 0 radical (unpaired) electrons. The summed E-state index contributed by atoms with van der Waals surface area (Å²) in [5, 5.41) is 1.78. The van der Waals surface area contributed by atoms with Gasteiger partial charge in [-0.3, -0.25) is 9.98 Å². The molecule has 1 fully saturated rings. The maximum Gasteiger partial charge on any atom is 0.160 e. The van der Waals surface area contributed by atoms with Gasteiger partial charge in [0.15, 0.2) is 5.17 Å². The van der Waals surface area contributed by atoms with Crippen LogP contribution in [0.25, 0.3) is 0 Å². The fourth-order valence-electron chi connectivity index (χ4n) is 3.37. The smallest absolute Gasteiger partial charge is 0.160 e. The number of amidine groups is 1. The molecular formula is C17H20N4S. The van der Waals surface area contributed by atoms with Crippen LogP contribution in [0.15, 0.2) is 41.5 Å². The Labute approximate surface area is 135 Å². The van der Waals surface area contributed by atoms with E-state index in [1.165, 1.54) is 16.6 Å². The van der Waals surface area contributed by atoms with Gasteiger partial charge in [0.2, 0.25) is 0 Å². The molecule has 4 rings (SSSR count). The highest BCUT2D eigenvalue weighted by molar-refractivity contribution is 8.14. The van der Waals surface area contributed by atoms with Gasteiger partial charge in [-0.25, -0.2) is 0 Å². The summed E-state index contributed by atoms with van der Waals surface area (Å²) in [6.07, 6.45) is 1.86. The standard InChI is InChI=1S/C17H20N4S/c1-11-7-8-14(20(11)3)16-15(13-6-4-5-9-18-13)19-17-21(16)10-12(2)22-17/h4-9,12,15-16H,10H2,1-3H3/t12-,15-,16-/m0/s1. The summed E-state index contributed by atoms with van der Waals surface area (Å²) in [4.78, 5) is 12.0. The van der Waals surface area contributed by atoms with Crippen LogP contribution in [0.1, 0.15) is 36.1 Å². The number of hydrogen-bond acceptors (Lipinski definition) is 4. The van der Waals surface area contributed by atoms with E-state index in [9.17, 15) is 0 Å². The van der Waals surface area contributed by atoms with Crippen molar-refractivity contribution in [2.24, 2.45) is 12.0 Å². The lowest BCUT2D eigenvalue weighted by molar-refractivity contribution is 0.309. The van der Waals surface area contributed by atoms with Gasteiger partial charge in [-0.2, -0.15) is 0 Å². The SMILES string of the molecule is Cc1ccc([C@H]2[C@H](c3ccccn3)N=C3S[C@@H](C)CN32)n1C. The minimum absolute atomic E-state index is 0.0872. The summed E-state index contributed by atoms with van der Waals surface area (Å²) < 4.78 is 2.28. The van der Waals surface area contributed by atoms with Crippen LogP contribution in [0.4, 0.5) is 0 Å². The van der Waals surface area contributed by atoms with Gasteiger partial charge in [0.05, 0.1) is 11.7 Å². The molecule has 0 unspecified atom stereocenters. The van der Waals surface area contributed by atoms with Crippen molar-refractivity contribution in [3.63, 3.8) is 0 Å². The molecule has 0 saturated carbocycles. The van der Waals surface area contributed by atoms with Gasteiger partial charge in [0, 0.05) is 36.4 Å². The number of fused-ring (bicyclic) bond motifs is 1. The summed E-state index contributed by atoms with van der Waals surface area (Å²) in [7, 11) is 2.14. The zero-order chi connectivity index (χ0) is 15.3. The van der Waals surface area contributed by atoms with Gasteiger partial charge in [0.1, 0.15) is 6.04 Å². The molecule has 1 saturated heterocycles. The van der Waals surface area contributed by atoms with E-state index in [1.807, 2.05) is 24.0 Å². The molecule has 4 nitrogen and oxygen atoms in total. The van der Waals surface area contributed by atoms with Crippen molar-refractivity contribution in [1.82, 2.24) is 14.5 Å². The second-order valence-electron chi connectivity index (χ2n) is 6.10. The lowest BCUT2D eigenvalue weighted by Crippen LogP contribution is -2.30. The Hall–Kier alpha value is -1.75. The van der Waals surface area contributed by atoms with Gasteiger partial charge >= 0.3 is 0 Å². The van der Waals surface area contributed by atoms with Crippen molar-refractivity contribution in [3.8, 4) is 0 Å². The largest absolute Gasteiger partial charge is 0.350 e. The van der Waals surface area contributed by atoms with E-state index in [-0.39, 0.29) is 12.1 Å². The van der Waals surface area contributed by atoms with Crippen LogP contribution in [-0.2, 0) is 7.05 Å². The number of hydrogen-bond donors (Lipinski definition) is 0. The number of aliphatic imine (C=N–C) groups is 1. The Morgan fingerprint density at radius 1 is 1.23 bits per heavy atom. The molecule has 0 N–H and O–H groups in total. The van der Waals surface area contributed by atoms with E-state index < -0.39 is 0 Å². The first kappa shape index (κ1) is 13.9. The summed E-state index contributed by atoms with van der Waals surface area (Å²) in [5.41, 5.74) is 3.66. The quantitative estimate of drug-likeness (QED) is 0.853. The molecule has 0 aliphatic carbocycles. The van der Waals surface area contributed by atoms with E-state index in [0.29, 0.717) is 5.25 Å². The third-order valence-corrected chi connectivity index (χ3v) is 5.70. The highest BCUT2D eigenvalue weighted by Gasteiger charge is 2.44. The number of thioether (sulfide) groups is 1. The number of rotatable bonds is 2. The molecule has 22 heavy (non-hydrogen) atoms. The minimum atomic E-state index is 0.0872. The molecule has 2 aromatic rings. The molecule has 0 aromatic carbocycles. The summed E-state index contributed by atoms with van der Waals surface area (Å²) in [6, 6.07) is 10.9. The summed E-state index contributed by atoms with van der Waals surface area (Å²) in [5.74, 6) is 0. The molecule has 2 aromatic heterocycles. The predicted octanol–water partition coefficient (Wildman–Crippen LogP) is 3.32. The lowest BCUT2D eigenvalue weighted by Gasteiger charge is -2.27. The minimum Gasteiger partial charge on any atom is -0.350 e. The second kappa shape index (κ2) is 5.16. The zero-order valence-electron chi connectivity index (χ0n) is 13.1. The van der Waals surface area contributed by atoms with E-state index in [0.717, 1.165) is 12.2 Å². The Kier molecular flexibility index (Phi) is 3.26. The lowest BCUT2D eigenvalue weighted by atomic mass is 10.0. The number of aromatic nitrogens is 2. The fraction of sp³-hybridized carbons (Fsp3) is 0.412. The van der Waals surface area contributed by atoms with Crippen molar-refractivity contribution in [1.29, 1.82) is 0 Å². The van der Waals surface area contributed by atoms with Crippen molar-refractivity contribution < 1.29 is 0 Å². The molecular weight excluding hydrogens is 292 g/mol. The molecule has 2 aliphatic rings. The zero-order valence-corrected chi connectivity index (χ0v) is 13.9. The first-order chi connectivity index (χ1) is 10.6. The Morgan fingerprint density at radius 2 is 2.09 bits per heavy atom. The number of nitrogens with zero attached hydrogens (tertiary/aromatic N) is 4. The Morgan fingerprint density at radius 3 is 2.77 bits per heavy atom. The molecule has 0 amide bonds. The van der Waals surface area contributed by atoms with Crippen molar-refractivity contribution in [2.75, 3.05) is 6.54 Å². The van der Waals surface area contributed by atoms with Crippen molar-refractivity contribution in [2.45, 2.75) is 31.2 Å². The summed E-state index contributed by atoms with van der Waals surface area (Å²) in [6.45, 7) is 5.48. The van der Waals surface area contributed by atoms with Gasteiger partial charge in [-0.1, -0.05) is 24.8 Å². The van der Waals surface area contributed by atoms with E-state index >= 15 is 0 Å². The van der Waals surface area contributed by atoms with E-state index in [1.54, 1.807) is 0 Å². The van der Waals surface area contributed by atoms with Crippen LogP contribution < -0.4 is 0 Å². The van der Waals surface area contributed by atoms with Gasteiger partial charge in [-0.05, 0) is 31.2 Å². The highest BCUT2D eigenvalue weighted by Crippen LogP contribution is 2.47. The average molecular weight is 312 g/mol. The molecule has 2 aliphatic heterocycles. The molecule has 3 atom stereocenters. The van der Waals surface area contributed by atoms with Crippen LogP contribution >= 0.6 is 11.8 Å². The fourth-order valence-corrected chi connectivity index (χ4v) is 4.46. The van der Waals surface area contributed by atoms with Gasteiger partial charge < -0.3 is 9.47 Å². The van der Waals surface area contributed by atoms with E-state index in [4.69, 9.17) is 4.99 Å². The van der Waals surface area contributed by atoms with Crippen LogP contribution in [0.2, 0.25) is 0 Å². The van der Waals surface area contributed by atoms with E-state index in [2.05, 4.69) is 59.6 Å². The highest BCUT2D eigenvalue weighted by atomic mass is 32.2. The third-order valence-electron chi connectivity index (χ3n) is 4.60. The number of aryl methyl sites for hydroxylation is 1. The average Bonchev–Trinajstić information content (AvgIpc) is 3.14. The predicted molar refractivity (Wildman–Crippen MR) is 91.1 cm³/mol. The molecule has 0 bridgehead atoms. The van der Waals surface area contributed by atoms with Crippen LogP contribution in [0.3, 0.4) is 0 Å². The Bertz CT molecular complexity index is 722. The Balaban J connectivity index is 1.80. The first-order valence-electron chi connectivity index (χ1n) is 7.69. The molecule has 0 spiro atoms. The second-order valence-corrected chi connectivity index (χ2v) is 7.50. The third kappa shape index (κ3) is 2.07. The van der Waals surface area contributed by atoms with Crippen LogP contribution in [0.5, 0.6) is 0 Å². The maximum atomic E-state index is 5.01. The van der Waals surface area contributed by atoms with Gasteiger partial charge in [0.25, 0.3) is 0 Å². The van der Waals surface area contributed by atoms with Crippen molar-refractivity contribution in [3.05, 3.63) is 53.6 Å². The molecule has 114 valence electrons. The first-order valence-corrected chi connectivity index (χ1v) is 8.57. The maximum absolute atomic E-state index is 5.01. The van der Waals surface area contributed by atoms with Gasteiger partial charge in [-0.15, -0.1) is 0 Å². The van der Waals surface area contributed by atoms with Crippen LogP contribution in [0, 0.1) is 6.92 Å².